The van der Waals surface area contributed by atoms with E-state index in [2.05, 4.69) is 20.8 Å². The molecule has 1 heterocycles. The van der Waals surface area contributed by atoms with Crippen molar-refractivity contribution in [2.24, 2.45) is 11.8 Å². The van der Waals surface area contributed by atoms with Gasteiger partial charge in [0.25, 0.3) is 0 Å². The van der Waals surface area contributed by atoms with Gasteiger partial charge in [-0.3, -0.25) is 4.79 Å². The maximum atomic E-state index is 12.2. The van der Waals surface area contributed by atoms with Crippen LogP contribution in [0.5, 0.6) is 0 Å². The first kappa shape index (κ1) is 13.4. The van der Waals surface area contributed by atoms with Crippen LogP contribution < -0.4 is 0 Å². The zero-order valence-electron chi connectivity index (χ0n) is 10.7. The fourth-order valence-electron chi connectivity index (χ4n) is 3.22. The van der Waals surface area contributed by atoms with Gasteiger partial charge in [-0.15, -0.1) is 0 Å². The Morgan fingerprint density at radius 2 is 1.88 bits per heavy atom. The molecule has 1 saturated heterocycles. The van der Waals surface area contributed by atoms with Gasteiger partial charge in [0.15, 0.2) is 0 Å². The Kier molecular flexibility index (Phi) is 5.33. The summed E-state index contributed by atoms with van der Waals surface area (Å²) < 4.78 is 0. The molecule has 0 radical (unpaired) electrons. The molecule has 1 aliphatic heterocycles. The minimum Gasteiger partial charge on any atom is -0.342 e. The van der Waals surface area contributed by atoms with Crippen LogP contribution in [-0.4, -0.2) is 29.2 Å². The lowest BCUT2D eigenvalue weighted by Crippen LogP contribution is -2.30. The molecule has 1 unspecified atom stereocenters. The zero-order valence-corrected chi connectivity index (χ0v) is 12.3. The number of rotatable bonds is 4. The van der Waals surface area contributed by atoms with Crippen LogP contribution in [0, 0.1) is 11.8 Å². The third-order valence-corrected chi connectivity index (χ3v) is 4.80. The molecule has 0 aromatic heterocycles. The van der Waals surface area contributed by atoms with Crippen molar-refractivity contribution in [2.75, 3.05) is 18.4 Å². The molecule has 2 nitrogen and oxygen atoms in total. The quantitative estimate of drug-likeness (QED) is 0.727. The summed E-state index contributed by atoms with van der Waals surface area (Å²) >= 11 is 3.49. The highest BCUT2D eigenvalue weighted by Gasteiger charge is 2.27. The van der Waals surface area contributed by atoms with Crippen LogP contribution in [0.4, 0.5) is 0 Å². The third kappa shape index (κ3) is 3.97. The largest absolute Gasteiger partial charge is 0.342 e. The monoisotopic (exact) mass is 301 g/mol. The summed E-state index contributed by atoms with van der Waals surface area (Å²) in [5, 5.41) is 1.07. The first-order chi connectivity index (χ1) is 8.29. The average Bonchev–Trinajstić information content (AvgIpc) is 2.79. The molecule has 0 N–H and O–H groups in total. The van der Waals surface area contributed by atoms with Gasteiger partial charge in [0.05, 0.1) is 0 Å². The van der Waals surface area contributed by atoms with Crippen molar-refractivity contribution in [3.63, 3.8) is 0 Å². The Hall–Kier alpha value is -0.0500. The fourth-order valence-corrected chi connectivity index (χ4v) is 3.86. The number of alkyl halides is 1. The van der Waals surface area contributed by atoms with Gasteiger partial charge >= 0.3 is 0 Å². The number of hydrogen-bond acceptors (Lipinski definition) is 1. The lowest BCUT2D eigenvalue weighted by Gasteiger charge is -2.24. The lowest BCUT2D eigenvalue weighted by molar-refractivity contribution is -0.131. The SMILES string of the molecule is O=C(CC1CCCCC1)N1CCC(CCBr)C1. The molecule has 98 valence electrons. The molecule has 2 aliphatic rings. The predicted molar refractivity (Wildman–Crippen MR) is 74.3 cm³/mol. The van der Waals surface area contributed by atoms with Gasteiger partial charge < -0.3 is 4.90 Å². The first-order valence-corrected chi connectivity index (χ1v) is 8.25. The van der Waals surface area contributed by atoms with Crippen molar-refractivity contribution < 1.29 is 4.79 Å². The van der Waals surface area contributed by atoms with E-state index in [9.17, 15) is 4.79 Å². The van der Waals surface area contributed by atoms with Crippen molar-refractivity contribution in [1.82, 2.24) is 4.90 Å². The van der Waals surface area contributed by atoms with Crippen LogP contribution in [-0.2, 0) is 4.79 Å². The topological polar surface area (TPSA) is 20.3 Å². The number of nitrogens with zero attached hydrogens (tertiary/aromatic N) is 1. The number of likely N-dealkylation sites (tertiary alicyclic amines) is 1. The number of amides is 1. The second kappa shape index (κ2) is 6.77. The van der Waals surface area contributed by atoms with Crippen LogP contribution in [0.2, 0.25) is 0 Å². The normalized spacial score (nSPS) is 26.4. The Bertz CT molecular complexity index is 251. The smallest absolute Gasteiger partial charge is 0.222 e. The molecule has 1 aliphatic carbocycles. The van der Waals surface area contributed by atoms with Crippen molar-refractivity contribution >= 4 is 21.8 Å². The third-order valence-electron chi connectivity index (χ3n) is 4.34. The van der Waals surface area contributed by atoms with Gasteiger partial charge in [-0.25, -0.2) is 0 Å². The minimum atomic E-state index is 0.425. The molecule has 1 atom stereocenters. The van der Waals surface area contributed by atoms with E-state index in [1.54, 1.807) is 0 Å². The molecule has 2 fully saturated rings. The van der Waals surface area contributed by atoms with Gasteiger partial charge in [0.1, 0.15) is 0 Å². The van der Waals surface area contributed by atoms with E-state index in [4.69, 9.17) is 0 Å². The molecule has 3 heteroatoms. The van der Waals surface area contributed by atoms with Gasteiger partial charge in [-0.05, 0) is 37.5 Å². The number of carbonyl (C=O) groups excluding carboxylic acids is 1. The summed E-state index contributed by atoms with van der Waals surface area (Å²) in [7, 11) is 0. The highest BCUT2D eigenvalue weighted by molar-refractivity contribution is 9.09. The second-order valence-corrected chi connectivity index (χ2v) is 6.47. The molecule has 0 aromatic rings. The highest BCUT2D eigenvalue weighted by atomic mass is 79.9. The summed E-state index contributed by atoms with van der Waals surface area (Å²) in [6.45, 7) is 2.01. The van der Waals surface area contributed by atoms with E-state index in [1.165, 1.54) is 44.9 Å². The van der Waals surface area contributed by atoms with Crippen LogP contribution in [0.1, 0.15) is 51.4 Å². The Morgan fingerprint density at radius 3 is 2.59 bits per heavy atom. The van der Waals surface area contributed by atoms with Gasteiger partial charge in [0, 0.05) is 24.8 Å². The van der Waals surface area contributed by atoms with Crippen LogP contribution in [0.3, 0.4) is 0 Å². The van der Waals surface area contributed by atoms with Crippen molar-refractivity contribution in [3.05, 3.63) is 0 Å². The summed E-state index contributed by atoms with van der Waals surface area (Å²) in [6.07, 6.45) is 9.86. The standard InChI is InChI=1S/C14H24BrNO/c15-8-6-13-7-9-16(11-13)14(17)10-12-4-2-1-3-5-12/h12-13H,1-11H2. The maximum absolute atomic E-state index is 12.2. The minimum absolute atomic E-state index is 0.425. The van der Waals surface area contributed by atoms with E-state index >= 15 is 0 Å². The highest BCUT2D eigenvalue weighted by Crippen LogP contribution is 2.28. The van der Waals surface area contributed by atoms with Crippen LogP contribution in [0.25, 0.3) is 0 Å². The first-order valence-electron chi connectivity index (χ1n) is 7.13. The fraction of sp³-hybridized carbons (Fsp3) is 0.929. The summed E-state index contributed by atoms with van der Waals surface area (Å²) in [6, 6.07) is 0. The molecule has 0 aromatic carbocycles. The number of halogens is 1. The Labute approximate surface area is 113 Å². The maximum Gasteiger partial charge on any atom is 0.222 e. The second-order valence-electron chi connectivity index (χ2n) is 5.68. The van der Waals surface area contributed by atoms with E-state index in [-0.39, 0.29) is 0 Å². The predicted octanol–water partition coefficient (Wildman–Crippen LogP) is 3.59. The van der Waals surface area contributed by atoms with Crippen molar-refractivity contribution in [2.45, 2.75) is 51.4 Å². The van der Waals surface area contributed by atoms with Crippen LogP contribution >= 0.6 is 15.9 Å². The molecule has 17 heavy (non-hydrogen) atoms. The molecule has 0 spiro atoms. The lowest BCUT2D eigenvalue weighted by atomic mass is 9.87. The molecule has 1 saturated carbocycles. The number of hydrogen-bond donors (Lipinski definition) is 0. The summed E-state index contributed by atoms with van der Waals surface area (Å²) in [4.78, 5) is 14.3. The van der Waals surface area contributed by atoms with Gasteiger partial charge in [0.2, 0.25) is 5.91 Å². The summed E-state index contributed by atoms with van der Waals surface area (Å²) in [5.74, 6) is 1.85. The van der Waals surface area contributed by atoms with Crippen molar-refractivity contribution in [3.8, 4) is 0 Å². The van der Waals surface area contributed by atoms with E-state index < -0.39 is 0 Å². The van der Waals surface area contributed by atoms with Gasteiger partial charge in [-0.1, -0.05) is 35.2 Å². The molecule has 2 rings (SSSR count). The van der Waals surface area contributed by atoms with Crippen LogP contribution in [0.15, 0.2) is 0 Å². The Morgan fingerprint density at radius 1 is 1.12 bits per heavy atom. The Balaban J connectivity index is 1.72. The van der Waals surface area contributed by atoms with Gasteiger partial charge in [-0.2, -0.15) is 0 Å². The zero-order chi connectivity index (χ0) is 12.1. The van der Waals surface area contributed by atoms with Crippen molar-refractivity contribution in [1.29, 1.82) is 0 Å². The molecule has 0 bridgehead atoms. The summed E-state index contributed by atoms with van der Waals surface area (Å²) in [5.41, 5.74) is 0. The molecular formula is C14H24BrNO. The number of carbonyl (C=O) groups is 1. The average molecular weight is 302 g/mol. The van der Waals surface area contributed by atoms with E-state index in [0.717, 1.165) is 30.8 Å². The molecule has 1 amide bonds. The van der Waals surface area contributed by atoms with E-state index in [0.29, 0.717) is 11.8 Å². The molecular weight excluding hydrogens is 278 g/mol. The van der Waals surface area contributed by atoms with E-state index in [1.807, 2.05) is 0 Å².